The highest BCUT2D eigenvalue weighted by molar-refractivity contribution is 7.89. The third kappa shape index (κ3) is 3.26. The molecule has 3 aliphatic rings. The summed E-state index contributed by atoms with van der Waals surface area (Å²) in [6.45, 7) is 1.10. The second kappa shape index (κ2) is 7.36. The molecule has 1 aromatic carbocycles. The largest absolute Gasteiger partial charge is 0.369 e. The van der Waals surface area contributed by atoms with Gasteiger partial charge in [0.15, 0.2) is 0 Å². The Kier molecular flexibility index (Phi) is 5.05. The molecule has 2 heterocycles. The van der Waals surface area contributed by atoms with E-state index in [9.17, 15) is 8.42 Å². The molecule has 28 heavy (non-hydrogen) atoms. The van der Waals surface area contributed by atoms with Crippen LogP contribution in [-0.4, -0.2) is 43.4 Å². The van der Waals surface area contributed by atoms with E-state index < -0.39 is 15.7 Å². The minimum absolute atomic E-state index is 0.159. The van der Waals surface area contributed by atoms with Gasteiger partial charge in [-0.3, -0.25) is 4.90 Å². The molecule has 2 fully saturated rings. The fourth-order valence-corrected chi connectivity index (χ4v) is 6.27. The first-order valence-electron chi connectivity index (χ1n) is 10.0. The summed E-state index contributed by atoms with van der Waals surface area (Å²) in [5, 5.41) is 0. The Labute approximate surface area is 166 Å². The first-order valence-corrected chi connectivity index (χ1v) is 11.5. The number of piperidine rings is 1. The van der Waals surface area contributed by atoms with Crippen molar-refractivity contribution in [2.45, 2.75) is 61.9 Å². The first-order chi connectivity index (χ1) is 13.4. The number of guanidine groups is 2. The predicted molar refractivity (Wildman–Crippen MR) is 111 cm³/mol. The maximum absolute atomic E-state index is 13.5. The van der Waals surface area contributed by atoms with E-state index in [-0.39, 0.29) is 16.8 Å². The molecule has 0 amide bonds. The van der Waals surface area contributed by atoms with Gasteiger partial charge in [0.25, 0.3) is 0 Å². The van der Waals surface area contributed by atoms with Crippen LogP contribution in [-0.2, 0) is 10.0 Å². The molecular formula is C19H28N6O2S. The lowest BCUT2D eigenvalue weighted by Gasteiger charge is -2.46. The van der Waals surface area contributed by atoms with Gasteiger partial charge in [-0.1, -0.05) is 25.0 Å². The Morgan fingerprint density at radius 3 is 2.29 bits per heavy atom. The summed E-state index contributed by atoms with van der Waals surface area (Å²) in [6, 6.07) is 7.04. The lowest BCUT2D eigenvalue weighted by Crippen LogP contribution is -2.58. The molecule has 1 aliphatic carbocycles. The Hall–Kier alpha value is -2.13. The van der Waals surface area contributed by atoms with Crippen molar-refractivity contribution >= 4 is 27.6 Å². The lowest BCUT2D eigenvalue weighted by atomic mass is 9.87. The summed E-state index contributed by atoms with van der Waals surface area (Å²) >= 11 is 0. The molecule has 1 spiro atoms. The second-order valence-electron chi connectivity index (χ2n) is 7.75. The molecule has 0 atom stereocenters. The molecule has 4 N–H and O–H groups in total. The Balaban J connectivity index is 1.82. The quantitative estimate of drug-likeness (QED) is 0.799. The Bertz CT molecular complexity index is 899. The molecule has 0 radical (unpaired) electrons. The van der Waals surface area contributed by atoms with E-state index in [2.05, 4.69) is 9.98 Å². The van der Waals surface area contributed by atoms with E-state index in [1.165, 1.54) is 0 Å². The number of sulfonamides is 1. The number of hydrogen-bond acceptors (Lipinski definition) is 7. The molecular weight excluding hydrogens is 376 g/mol. The molecule has 8 nitrogen and oxygen atoms in total. The zero-order chi connectivity index (χ0) is 19.8. The van der Waals surface area contributed by atoms with Crippen molar-refractivity contribution in [3.8, 4) is 0 Å². The standard InChI is InChI=1S/C19H28N6O2S/c20-17-22-18(21)25(19(23-17)11-5-1-6-12-19)15-9-3-4-10-16(15)28(26,27)24-13-7-2-8-14-24/h3-4,9-10H,1-2,5-8,11-14H2,(H4,20,21,22,23). The van der Waals surface area contributed by atoms with Gasteiger partial charge in [0, 0.05) is 13.1 Å². The van der Waals surface area contributed by atoms with Crippen LogP contribution in [0, 0.1) is 0 Å². The van der Waals surface area contributed by atoms with Gasteiger partial charge in [0.05, 0.1) is 5.69 Å². The van der Waals surface area contributed by atoms with Gasteiger partial charge in [0.1, 0.15) is 10.6 Å². The zero-order valence-corrected chi connectivity index (χ0v) is 16.9. The second-order valence-corrected chi connectivity index (χ2v) is 9.66. The van der Waals surface area contributed by atoms with Crippen LogP contribution in [0.4, 0.5) is 5.69 Å². The van der Waals surface area contributed by atoms with Crippen LogP contribution in [0.2, 0.25) is 0 Å². The highest BCUT2D eigenvalue weighted by Crippen LogP contribution is 2.42. The fourth-order valence-electron chi connectivity index (χ4n) is 4.57. The molecule has 0 bridgehead atoms. The third-order valence-corrected chi connectivity index (χ3v) is 7.84. The van der Waals surface area contributed by atoms with Crippen molar-refractivity contribution < 1.29 is 8.42 Å². The fraction of sp³-hybridized carbons (Fsp3) is 0.579. The van der Waals surface area contributed by atoms with Gasteiger partial charge >= 0.3 is 0 Å². The van der Waals surface area contributed by atoms with E-state index in [0.29, 0.717) is 18.8 Å². The number of nitrogens with two attached hydrogens (primary N) is 2. The normalized spacial score (nSPS) is 23.4. The zero-order valence-electron chi connectivity index (χ0n) is 16.0. The number of nitrogens with zero attached hydrogens (tertiary/aromatic N) is 4. The van der Waals surface area contributed by atoms with Gasteiger partial charge in [-0.2, -0.15) is 9.30 Å². The summed E-state index contributed by atoms with van der Waals surface area (Å²) in [4.78, 5) is 10.9. The maximum atomic E-state index is 13.5. The first kappa shape index (κ1) is 19.2. The van der Waals surface area contributed by atoms with E-state index in [0.717, 1.165) is 51.4 Å². The van der Waals surface area contributed by atoms with Crippen LogP contribution in [0.3, 0.4) is 0 Å². The van der Waals surface area contributed by atoms with Crippen molar-refractivity contribution in [1.82, 2.24) is 4.31 Å². The van der Waals surface area contributed by atoms with E-state index >= 15 is 0 Å². The SMILES string of the molecule is NC1=NC2(CCCCC2)N(c2ccccc2S(=O)(=O)N2CCCCC2)C(N)=N1. The Morgan fingerprint density at radius 1 is 0.929 bits per heavy atom. The highest BCUT2D eigenvalue weighted by Gasteiger charge is 2.44. The lowest BCUT2D eigenvalue weighted by molar-refractivity contribution is 0.304. The van der Waals surface area contributed by atoms with Crippen LogP contribution in [0.15, 0.2) is 39.1 Å². The number of aliphatic imine (C=N–C) groups is 2. The number of anilines is 1. The summed E-state index contributed by atoms with van der Waals surface area (Å²) in [5.74, 6) is 0.364. The van der Waals surface area contributed by atoms with Crippen molar-refractivity contribution in [1.29, 1.82) is 0 Å². The van der Waals surface area contributed by atoms with Crippen molar-refractivity contribution in [2.75, 3.05) is 18.0 Å². The van der Waals surface area contributed by atoms with E-state index in [4.69, 9.17) is 11.5 Å². The van der Waals surface area contributed by atoms with E-state index in [1.807, 2.05) is 6.07 Å². The summed E-state index contributed by atoms with van der Waals surface area (Å²) in [5.41, 5.74) is 12.1. The third-order valence-electron chi connectivity index (χ3n) is 5.89. The number of hydrogen-bond donors (Lipinski definition) is 2. The molecule has 2 aliphatic heterocycles. The maximum Gasteiger partial charge on any atom is 0.245 e. The average Bonchev–Trinajstić information content (AvgIpc) is 2.69. The molecule has 4 rings (SSSR count). The van der Waals surface area contributed by atoms with Crippen molar-refractivity contribution in [3.05, 3.63) is 24.3 Å². The van der Waals surface area contributed by atoms with Gasteiger partial charge in [0.2, 0.25) is 21.9 Å². The molecule has 1 saturated heterocycles. The molecule has 1 saturated carbocycles. The van der Waals surface area contributed by atoms with E-state index in [1.54, 1.807) is 27.4 Å². The van der Waals surface area contributed by atoms with Crippen LogP contribution < -0.4 is 16.4 Å². The predicted octanol–water partition coefficient (Wildman–Crippen LogP) is 1.97. The Morgan fingerprint density at radius 2 is 1.57 bits per heavy atom. The number of benzene rings is 1. The molecule has 152 valence electrons. The average molecular weight is 405 g/mol. The molecule has 9 heteroatoms. The minimum atomic E-state index is -3.63. The van der Waals surface area contributed by atoms with Gasteiger partial charge in [-0.05, 0) is 50.7 Å². The van der Waals surface area contributed by atoms with Gasteiger partial charge in [-0.25, -0.2) is 13.4 Å². The smallest absolute Gasteiger partial charge is 0.245 e. The van der Waals surface area contributed by atoms with Crippen molar-refractivity contribution in [2.24, 2.45) is 21.5 Å². The minimum Gasteiger partial charge on any atom is -0.369 e. The van der Waals surface area contributed by atoms with Gasteiger partial charge in [-0.15, -0.1) is 0 Å². The van der Waals surface area contributed by atoms with Crippen LogP contribution in [0.5, 0.6) is 0 Å². The monoisotopic (exact) mass is 404 g/mol. The molecule has 1 aromatic rings. The number of para-hydroxylation sites is 1. The highest BCUT2D eigenvalue weighted by atomic mass is 32.2. The van der Waals surface area contributed by atoms with Gasteiger partial charge < -0.3 is 11.5 Å². The number of rotatable bonds is 3. The molecule has 0 aromatic heterocycles. The van der Waals surface area contributed by atoms with Crippen molar-refractivity contribution in [3.63, 3.8) is 0 Å². The summed E-state index contributed by atoms with van der Waals surface area (Å²) < 4.78 is 28.5. The van der Waals surface area contributed by atoms with Crippen LogP contribution in [0.1, 0.15) is 51.4 Å². The topological polar surface area (TPSA) is 117 Å². The van der Waals surface area contributed by atoms with Crippen LogP contribution >= 0.6 is 0 Å². The molecule has 0 unspecified atom stereocenters. The van der Waals surface area contributed by atoms with Crippen LogP contribution in [0.25, 0.3) is 0 Å². The summed E-state index contributed by atoms with van der Waals surface area (Å²) in [6.07, 6.45) is 7.47. The summed E-state index contributed by atoms with van der Waals surface area (Å²) in [7, 11) is -3.63.